The van der Waals surface area contributed by atoms with Crippen LogP contribution in [0.15, 0.2) is 42.6 Å². The van der Waals surface area contributed by atoms with Gasteiger partial charge < -0.3 is 10.2 Å². The van der Waals surface area contributed by atoms with Crippen molar-refractivity contribution in [3.63, 3.8) is 0 Å². The zero-order valence-electron chi connectivity index (χ0n) is 13.3. The summed E-state index contributed by atoms with van der Waals surface area (Å²) >= 11 is 5.97. The highest BCUT2D eigenvalue weighted by Crippen LogP contribution is 2.32. The zero-order chi connectivity index (χ0) is 16.4. The van der Waals surface area contributed by atoms with Crippen molar-refractivity contribution in [2.45, 2.75) is 32.0 Å². The third kappa shape index (κ3) is 3.38. The first-order chi connectivity index (χ1) is 11.1. The number of carbonyl (C=O) groups excluding carboxylic acids is 1. The summed E-state index contributed by atoms with van der Waals surface area (Å²) in [4.78, 5) is 18.4. The second kappa shape index (κ2) is 6.69. The van der Waals surface area contributed by atoms with Gasteiger partial charge in [-0.2, -0.15) is 0 Å². The molecular formula is C18H20ClN3O. The number of pyridine rings is 1. The predicted molar refractivity (Wildman–Crippen MR) is 91.2 cm³/mol. The van der Waals surface area contributed by atoms with Crippen molar-refractivity contribution in [3.8, 4) is 0 Å². The van der Waals surface area contributed by atoms with Crippen LogP contribution in [-0.4, -0.2) is 28.9 Å². The van der Waals surface area contributed by atoms with Gasteiger partial charge in [0.2, 0.25) is 5.91 Å². The number of hydrogen-bond acceptors (Lipinski definition) is 3. The molecule has 0 aliphatic carbocycles. The molecule has 1 aromatic carbocycles. The smallest absolute Gasteiger partial charge is 0.224 e. The number of aromatic nitrogens is 1. The van der Waals surface area contributed by atoms with E-state index in [0.29, 0.717) is 18.0 Å². The van der Waals surface area contributed by atoms with Crippen LogP contribution in [0, 0.1) is 6.92 Å². The molecule has 0 radical (unpaired) electrons. The Morgan fingerprint density at radius 1 is 1.30 bits per heavy atom. The van der Waals surface area contributed by atoms with Crippen molar-refractivity contribution < 1.29 is 4.79 Å². The van der Waals surface area contributed by atoms with E-state index in [4.69, 9.17) is 11.6 Å². The van der Waals surface area contributed by atoms with E-state index in [1.54, 1.807) is 6.20 Å². The van der Waals surface area contributed by atoms with Crippen molar-refractivity contribution in [1.82, 2.24) is 15.2 Å². The van der Waals surface area contributed by atoms with E-state index >= 15 is 0 Å². The number of amides is 1. The molecule has 1 amide bonds. The number of halogens is 1. The Hall–Kier alpha value is -1.91. The number of nitrogens with zero attached hydrogens (tertiary/aromatic N) is 2. The van der Waals surface area contributed by atoms with Crippen LogP contribution < -0.4 is 5.32 Å². The number of aryl methyl sites for hydroxylation is 1. The predicted octanol–water partition coefficient (Wildman–Crippen LogP) is 3.11. The van der Waals surface area contributed by atoms with Crippen LogP contribution in [-0.2, 0) is 11.3 Å². The van der Waals surface area contributed by atoms with Crippen LogP contribution in [0.1, 0.15) is 29.3 Å². The lowest BCUT2D eigenvalue weighted by atomic mass is 10.00. The number of likely N-dealkylation sites (tertiary alicyclic amines) is 1. The van der Waals surface area contributed by atoms with E-state index in [2.05, 4.69) is 10.3 Å². The van der Waals surface area contributed by atoms with Gasteiger partial charge in [-0.3, -0.25) is 9.78 Å². The quantitative estimate of drug-likeness (QED) is 0.937. The average Bonchev–Trinajstić information content (AvgIpc) is 2.82. The monoisotopic (exact) mass is 329 g/mol. The molecule has 1 fully saturated rings. The van der Waals surface area contributed by atoms with Gasteiger partial charge in [0.15, 0.2) is 0 Å². The van der Waals surface area contributed by atoms with Crippen molar-refractivity contribution in [2.24, 2.45) is 0 Å². The molecule has 1 N–H and O–H groups in total. The van der Waals surface area contributed by atoms with Crippen molar-refractivity contribution in [1.29, 1.82) is 0 Å². The fourth-order valence-corrected chi connectivity index (χ4v) is 3.23. The molecule has 1 aliphatic rings. The molecule has 1 aliphatic heterocycles. The van der Waals surface area contributed by atoms with Crippen LogP contribution in [0.25, 0.3) is 0 Å². The van der Waals surface area contributed by atoms with Gasteiger partial charge in [-0.15, -0.1) is 0 Å². The highest BCUT2D eigenvalue weighted by atomic mass is 35.5. The van der Waals surface area contributed by atoms with Gasteiger partial charge in [-0.25, -0.2) is 0 Å². The summed E-state index contributed by atoms with van der Waals surface area (Å²) < 4.78 is 0. The summed E-state index contributed by atoms with van der Waals surface area (Å²) in [5, 5.41) is 4.21. The van der Waals surface area contributed by atoms with E-state index in [0.717, 1.165) is 16.8 Å². The maximum Gasteiger partial charge on any atom is 0.224 e. The van der Waals surface area contributed by atoms with Crippen molar-refractivity contribution >= 4 is 17.5 Å². The van der Waals surface area contributed by atoms with Gasteiger partial charge in [0.25, 0.3) is 0 Å². The fourth-order valence-electron chi connectivity index (χ4n) is 3.10. The molecule has 0 saturated carbocycles. The number of rotatable bonds is 4. The number of benzene rings is 1. The van der Waals surface area contributed by atoms with E-state index in [1.165, 1.54) is 0 Å². The topological polar surface area (TPSA) is 45.2 Å². The maximum atomic E-state index is 12.2. The second-order valence-electron chi connectivity index (χ2n) is 5.96. The zero-order valence-corrected chi connectivity index (χ0v) is 14.0. The third-order valence-corrected chi connectivity index (χ3v) is 4.70. The Kier molecular flexibility index (Phi) is 4.64. The summed E-state index contributed by atoms with van der Waals surface area (Å²) in [6, 6.07) is 11.8. The molecule has 23 heavy (non-hydrogen) atoms. The van der Waals surface area contributed by atoms with E-state index < -0.39 is 0 Å². The molecule has 2 aromatic rings. The highest BCUT2D eigenvalue weighted by Gasteiger charge is 2.38. The number of carbonyl (C=O) groups is 1. The molecule has 5 heteroatoms. The van der Waals surface area contributed by atoms with E-state index in [-0.39, 0.29) is 18.0 Å². The lowest BCUT2D eigenvalue weighted by molar-refractivity contribution is -0.127. The molecule has 0 unspecified atom stereocenters. The minimum Gasteiger partial charge on any atom is -0.337 e. The lowest BCUT2D eigenvalue weighted by Gasteiger charge is -2.26. The molecule has 3 rings (SSSR count). The normalized spacial score (nSPS) is 21.0. The molecular weight excluding hydrogens is 310 g/mol. The van der Waals surface area contributed by atoms with Crippen LogP contribution >= 0.6 is 11.6 Å². The minimum atomic E-state index is 0.0174. The van der Waals surface area contributed by atoms with Gasteiger partial charge in [0, 0.05) is 37.3 Å². The number of likely N-dealkylation sites (N-methyl/N-ethyl adjacent to an activating group) is 1. The van der Waals surface area contributed by atoms with Crippen LogP contribution in [0.3, 0.4) is 0 Å². The van der Waals surface area contributed by atoms with Gasteiger partial charge in [-0.05, 0) is 36.2 Å². The van der Waals surface area contributed by atoms with Gasteiger partial charge in [-0.1, -0.05) is 29.8 Å². The van der Waals surface area contributed by atoms with Crippen LogP contribution in [0.5, 0.6) is 0 Å². The van der Waals surface area contributed by atoms with E-state index in [1.807, 2.05) is 55.3 Å². The largest absolute Gasteiger partial charge is 0.337 e. The first-order valence-electron chi connectivity index (χ1n) is 7.71. The minimum absolute atomic E-state index is 0.0174. The Morgan fingerprint density at radius 3 is 2.74 bits per heavy atom. The molecule has 2 atom stereocenters. The first kappa shape index (κ1) is 16.0. The number of nitrogens with one attached hydrogen (secondary N) is 1. The first-order valence-corrected chi connectivity index (χ1v) is 8.09. The molecule has 0 bridgehead atoms. The molecule has 1 saturated heterocycles. The van der Waals surface area contributed by atoms with E-state index in [9.17, 15) is 4.79 Å². The molecule has 0 spiro atoms. The average molecular weight is 330 g/mol. The standard InChI is InChI=1S/C18H20ClN3O/c1-12-4-3-9-20-16(12)11-21-15-10-17(23)22(2)18(15)13-5-7-14(19)8-6-13/h3-9,15,18,21H,10-11H2,1-2H3/t15-,18+/m0/s1. The van der Waals surface area contributed by atoms with Crippen molar-refractivity contribution in [2.75, 3.05) is 7.05 Å². The highest BCUT2D eigenvalue weighted by molar-refractivity contribution is 6.30. The van der Waals surface area contributed by atoms with Gasteiger partial charge in [0.05, 0.1) is 11.7 Å². The van der Waals surface area contributed by atoms with Crippen LogP contribution in [0.2, 0.25) is 5.02 Å². The Morgan fingerprint density at radius 2 is 2.04 bits per heavy atom. The molecule has 4 nitrogen and oxygen atoms in total. The lowest BCUT2D eigenvalue weighted by Crippen LogP contribution is -2.35. The summed E-state index contributed by atoms with van der Waals surface area (Å²) in [6.07, 6.45) is 2.29. The Bertz CT molecular complexity index is 702. The summed E-state index contributed by atoms with van der Waals surface area (Å²) in [5.74, 6) is 0.153. The summed E-state index contributed by atoms with van der Waals surface area (Å²) in [6.45, 7) is 2.70. The van der Waals surface area contributed by atoms with Crippen LogP contribution in [0.4, 0.5) is 0 Å². The second-order valence-corrected chi connectivity index (χ2v) is 6.40. The molecule has 2 heterocycles. The van der Waals surface area contributed by atoms with Gasteiger partial charge >= 0.3 is 0 Å². The Labute approximate surface area is 141 Å². The fraction of sp³-hybridized carbons (Fsp3) is 0.333. The SMILES string of the molecule is Cc1cccnc1CN[C@H]1CC(=O)N(C)[C@@H]1c1ccc(Cl)cc1. The molecule has 1 aromatic heterocycles. The summed E-state index contributed by atoms with van der Waals surface area (Å²) in [7, 11) is 1.86. The summed E-state index contributed by atoms with van der Waals surface area (Å²) in [5.41, 5.74) is 3.27. The maximum absolute atomic E-state index is 12.2. The van der Waals surface area contributed by atoms with Gasteiger partial charge in [0.1, 0.15) is 0 Å². The third-order valence-electron chi connectivity index (χ3n) is 4.45. The Balaban J connectivity index is 1.78. The number of hydrogen-bond donors (Lipinski definition) is 1. The molecule has 120 valence electrons. The van der Waals surface area contributed by atoms with Crippen molar-refractivity contribution in [3.05, 3.63) is 64.4 Å².